The predicted octanol–water partition coefficient (Wildman–Crippen LogP) is 1.55. The van der Waals surface area contributed by atoms with Crippen LogP contribution >= 0.6 is 22.9 Å². The molecule has 9 nitrogen and oxygen atoms in total. The molecule has 2 aromatic rings. The molecular formula is C12H15N5O4S3. The van der Waals surface area contributed by atoms with E-state index in [1.54, 1.807) is 0 Å². The van der Waals surface area contributed by atoms with Crippen molar-refractivity contribution in [3.05, 3.63) is 22.0 Å². The molecule has 1 fully saturated rings. The number of aryl methyl sites for hydroxylation is 1. The van der Waals surface area contributed by atoms with E-state index >= 15 is 0 Å². The van der Waals surface area contributed by atoms with Crippen LogP contribution in [0.2, 0.25) is 0 Å². The Labute approximate surface area is 146 Å². The topological polar surface area (TPSA) is 110 Å². The van der Waals surface area contributed by atoms with Crippen LogP contribution in [0.4, 0.5) is 15.8 Å². The van der Waals surface area contributed by atoms with Crippen LogP contribution in [0.25, 0.3) is 0 Å². The first-order valence-corrected chi connectivity index (χ1v) is 10.5. The van der Waals surface area contributed by atoms with Crippen molar-refractivity contribution in [3.8, 4) is 0 Å². The largest absolute Gasteiger partial charge is 0.354 e. The van der Waals surface area contributed by atoms with Crippen molar-refractivity contribution in [2.24, 2.45) is 0 Å². The molecule has 3 heterocycles. The first-order valence-electron chi connectivity index (χ1n) is 7.04. The van der Waals surface area contributed by atoms with Gasteiger partial charge in [-0.2, -0.15) is 4.37 Å². The Morgan fingerprint density at radius 2 is 1.88 bits per heavy atom. The molecule has 1 aliphatic heterocycles. The van der Waals surface area contributed by atoms with Crippen molar-refractivity contribution in [1.82, 2.24) is 9.36 Å². The molecule has 130 valence electrons. The smallest absolute Gasteiger partial charge is 0.305 e. The van der Waals surface area contributed by atoms with Crippen LogP contribution < -0.4 is 9.80 Å². The lowest BCUT2D eigenvalue weighted by Gasteiger charge is -2.34. The summed E-state index contributed by atoms with van der Waals surface area (Å²) in [6, 6.07) is 1.15. The normalized spacial score (nSPS) is 15.8. The predicted molar refractivity (Wildman–Crippen MR) is 93.2 cm³/mol. The Bertz CT molecular complexity index is 867. The van der Waals surface area contributed by atoms with Gasteiger partial charge in [-0.05, 0) is 6.92 Å². The summed E-state index contributed by atoms with van der Waals surface area (Å²) in [7, 11) is -3.47. The van der Waals surface area contributed by atoms with Crippen LogP contribution in [0.1, 0.15) is 5.82 Å². The maximum Gasteiger partial charge on any atom is 0.305 e. The van der Waals surface area contributed by atoms with E-state index in [-0.39, 0.29) is 9.90 Å². The minimum absolute atomic E-state index is 0.0198. The summed E-state index contributed by atoms with van der Waals surface area (Å²) >= 11 is 2.28. The number of hydrogen-bond acceptors (Lipinski definition) is 10. The molecule has 0 amide bonds. The molecule has 2 aromatic heterocycles. The van der Waals surface area contributed by atoms with Gasteiger partial charge in [-0.25, -0.2) is 13.4 Å². The van der Waals surface area contributed by atoms with Crippen LogP contribution in [0.15, 0.2) is 10.3 Å². The highest BCUT2D eigenvalue weighted by Gasteiger charge is 2.30. The SMILES string of the molecule is Cc1nsc(N2CCN(c3sc(S(C)(=O)=O)cc3[N+](=O)[O-])CC2)n1. The first-order chi connectivity index (χ1) is 11.3. The van der Waals surface area contributed by atoms with Gasteiger partial charge < -0.3 is 9.80 Å². The summed E-state index contributed by atoms with van der Waals surface area (Å²) in [6.07, 6.45) is 1.06. The number of nitro groups is 1. The third kappa shape index (κ3) is 3.35. The number of aromatic nitrogens is 2. The minimum atomic E-state index is -3.47. The van der Waals surface area contributed by atoms with Crippen molar-refractivity contribution in [3.63, 3.8) is 0 Å². The number of thiophene rings is 1. The van der Waals surface area contributed by atoms with E-state index in [2.05, 4.69) is 14.3 Å². The van der Waals surface area contributed by atoms with Gasteiger partial charge >= 0.3 is 5.69 Å². The van der Waals surface area contributed by atoms with E-state index in [4.69, 9.17) is 0 Å². The number of rotatable bonds is 4. The molecule has 0 spiro atoms. The molecular weight excluding hydrogens is 374 g/mol. The first kappa shape index (κ1) is 17.0. The molecule has 0 atom stereocenters. The van der Waals surface area contributed by atoms with Crippen LogP contribution in [0.3, 0.4) is 0 Å². The maximum atomic E-state index is 11.7. The molecule has 0 radical (unpaired) electrons. The zero-order valence-corrected chi connectivity index (χ0v) is 15.4. The highest BCUT2D eigenvalue weighted by molar-refractivity contribution is 7.92. The van der Waals surface area contributed by atoms with Crippen molar-refractivity contribution < 1.29 is 13.3 Å². The average molecular weight is 389 g/mol. The summed E-state index contributed by atoms with van der Waals surface area (Å²) in [5.74, 6) is 0.726. The van der Waals surface area contributed by atoms with Gasteiger partial charge in [-0.15, -0.1) is 0 Å². The number of piperazine rings is 1. The fourth-order valence-corrected chi connectivity index (χ4v) is 5.21. The molecule has 1 saturated heterocycles. The van der Waals surface area contributed by atoms with Gasteiger partial charge in [-0.3, -0.25) is 10.1 Å². The molecule has 24 heavy (non-hydrogen) atoms. The van der Waals surface area contributed by atoms with Crippen molar-refractivity contribution in [1.29, 1.82) is 0 Å². The Balaban J connectivity index is 1.81. The zero-order valence-electron chi connectivity index (χ0n) is 13.0. The summed E-state index contributed by atoms with van der Waals surface area (Å²) in [6.45, 7) is 4.25. The summed E-state index contributed by atoms with van der Waals surface area (Å²) in [5, 5.41) is 12.5. The molecule has 0 saturated carbocycles. The van der Waals surface area contributed by atoms with Gasteiger partial charge in [0, 0.05) is 50.0 Å². The van der Waals surface area contributed by atoms with Crippen molar-refractivity contribution in [2.75, 3.05) is 42.2 Å². The summed E-state index contributed by atoms with van der Waals surface area (Å²) < 4.78 is 27.6. The standard InChI is InChI=1S/C12H15N5O4S3/c1-8-13-12(23-14-8)16-5-3-15(4-6-16)11-9(17(18)19)7-10(22-11)24(2,20)21/h7H,3-6H2,1-2H3. The lowest BCUT2D eigenvalue weighted by atomic mass is 10.3. The van der Waals surface area contributed by atoms with Crippen LogP contribution in [0, 0.1) is 17.0 Å². The van der Waals surface area contributed by atoms with Crippen molar-refractivity contribution in [2.45, 2.75) is 11.1 Å². The highest BCUT2D eigenvalue weighted by Crippen LogP contribution is 2.40. The van der Waals surface area contributed by atoms with Crippen molar-refractivity contribution >= 4 is 48.5 Å². The second-order valence-electron chi connectivity index (χ2n) is 5.38. The molecule has 0 unspecified atom stereocenters. The lowest BCUT2D eigenvalue weighted by molar-refractivity contribution is -0.383. The zero-order chi connectivity index (χ0) is 17.5. The van der Waals surface area contributed by atoms with E-state index in [0.29, 0.717) is 31.2 Å². The quantitative estimate of drug-likeness (QED) is 0.572. The average Bonchev–Trinajstić information content (AvgIpc) is 3.13. The van der Waals surface area contributed by atoms with Crippen LogP contribution in [-0.4, -0.2) is 55.1 Å². The van der Waals surface area contributed by atoms with Gasteiger partial charge in [0.25, 0.3) is 0 Å². The number of nitrogens with zero attached hydrogens (tertiary/aromatic N) is 5. The Hall–Kier alpha value is -1.79. The number of hydrogen-bond donors (Lipinski definition) is 0. The third-order valence-electron chi connectivity index (χ3n) is 3.59. The number of sulfone groups is 1. The lowest BCUT2D eigenvalue weighted by Crippen LogP contribution is -2.46. The summed E-state index contributed by atoms with van der Waals surface area (Å²) in [5.41, 5.74) is -0.152. The monoisotopic (exact) mass is 389 g/mol. The van der Waals surface area contributed by atoms with Gasteiger partial charge in [-0.1, -0.05) is 11.3 Å². The third-order valence-corrected chi connectivity index (χ3v) is 7.44. The fraction of sp³-hybridized carbons (Fsp3) is 0.500. The maximum absolute atomic E-state index is 11.7. The summed E-state index contributed by atoms with van der Waals surface area (Å²) in [4.78, 5) is 19.0. The van der Waals surface area contributed by atoms with Gasteiger partial charge in [0.2, 0.25) is 5.13 Å². The molecule has 0 N–H and O–H groups in total. The van der Waals surface area contributed by atoms with E-state index < -0.39 is 14.8 Å². The fourth-order valence-electron chi connectivity index (χ4n) is 2.41. The molecule has 0 aliphatic carbocycles. The molecule has 1 aliphatic rings. The Morgan fingerprint density at radius 1 is 1.25 bits per heavy atom. The van der Waals surface area contributed by atoms with Gasteiger partial charge in [0.15, 0.2) is 14.8 Å². The molecule has 0 bridgehead atoms. The number of anilines is 2. The van der Waals surface area contributed by atoms with Crippen LogP contribution in [0.5, 0.6) is 0 Å². The van der Waals surface area contributed by atoms with Gasteiger partial charge in [0.05, 0.1) is 4.92 Å². The van der Waals surface area contributed by atoms with Gasteiger partial charge in [0.1, 0.15) is 10.0 Å². The molecule has 0 aromatic carbocycles. The minimum Gasteiger partial charge on any atom is -0.354 e. The van der Waals surface area contributed by atoms with E-state index in [1.165, 1.54) is 11.5 Å². The second kappa shape index (κ2) is 6.26. The second-order valence-corrected chi connectivity index (χ2v) is 9.39. The molecule has 12 heteroatoms. The highest BCUT2D eigenvalue weighted by atomic mass is 32.2. The van der Waals surface area contributed by atoms with E-state index in [0.717, 1.165) is 34.6 Å². The van der Waals surface area contributed by atoms with Crippen LogP contribution in [-0.2, 0) is 9.84 Å². The van der Waals surface area contributed by atoms with E-state index in [1.807, 2.05) is 11.8 Å². The molecule has 3 rings (SSSR count). The Kier molecular flexibility index (Phi) is 4.44. The Morgan fingerprint density at radius 3 is 2.38 bits per heavy atom. The van der Waals surface area contributed by atoms with E-state index in [9.17, 15) is 18.5 Å².